The number of nitrogens with zero attached hydrogens (tertiary/aromatic N) is 3. The number of piperidine rings is 1. The lowest BCUT2D eigenvalue weighted by atomic mass is 9.88. The van der Waals surface area contributed by atoms with Crippen molar-refractivity contribution < 1.29 is 14.6 Å². The highest BCUT2D eigenvalue weighted by Crippen LogP contribution is 2.23. The first kappa shape index (κ1) is 20.0. The monoisotopic (exact) mass is 378 g/mol. The third-order valence-electron chi connectivity index (χ3n) is 5.52. The molecule has 0 bridgehead atoms. The maximum atomic E-state index is 12.9. The Morgan fingerprint density at radius 3 is 2.63 bits per heavy atom. The van der Waals surface area contributed by atoms with E-state index in [9.17, 15) is 14.7 Å². The van der Waals surface area contributed by atoms with Crippen LogP contribution in [0.3, 0.4) is 0 Å². The largest absolute Gasteiger partial charge is 0.396 e. The number of aliphatic hydroxyl groups excluding tert-OH is 1. The molecule has 3 rings (SSSR count). The second kappa shape index (κ2) is 8.95. The second-order valence-corrected chi connectivity index (χ2v) is 7.75. The molecule has 2 fully saturated rings. The van der Waals surface area contributed by atoms with Crippen LogP contribution in [-0.4, -0.2) is 83.3 Å². The smallest absolute Gasteiger partial charge is 0.254 e. The summed E-state index contributed by atoms with van der Waals surface area (Å²) < 4.78 is 5.40. The molecule has 2 N–H and O–H groups in total. The summed E-state index contributed by atoms with van der Waals surface area (Å²) in [6.45, 7) is 9.03. The maximum absolute atomic E-state index is 12.9. The molecule has 1 aromatic rings. The number of aromatic nitrogens is 2. The predicted molar refractivity (Wildman–Crippen MR) is 101 cm³/mol. The second-order valence-electron chi connectivity index (χ2n) is 7.75. The van der Waals surface area contributed by atoms with Crippen LogP contribution in [0.1, 0.15) is 23.5 Å². The van der Waals surface area contributed by atoms with Gasteiger partial charge in [-0.05, 0) is 32.1 Å². The van der Waals surface area contributed by atoms with Gasteiger partial charge in [0, 0.05) is 50.6 Å². The highest BCUT2D eigenvalue weighted by molar-refractivity contribution is 5.79. The first-order valence-corrected chi connectivity index (χ1v) is 9.71. The molecule has 0 spiro atoms. The van der Waals surface area contributed by atoms with Gasteiger partial charge in [0.25, 0.3) is 5.56 Å². The van der Waals surface area contributed by atoms with Gasteiger partial charge in [0.15, 0.2) is 0 Å². The topological polar surface area (TPSA) is 98.8 Å². The number of aromatic amines is 1. The van der Waals surface area contributed by atoms with Crippen molar-refractivity contribution in [1.29, 1.82) is 0 Å². The summed E-state index contributed by atoms with van der Waals surface area (Å²) in [5.74, 6) is 0.898. The Morgan fingerprint density at radius 2 is 1.96 bits per heavy atom. The maximum Gasteiger partial charge on any atom is 0.254 e. The summed E-state index contributed by atoms with van der Waals surface area (Å²) in [4.78, 5) is 36.2. The molecule has 150 valence electrons. The molecule has 0 radical (unpaired) electrons. The Kier molecular flexibility index (Phi) is 6.62. The van der Waals surface area contributed by atoms with E-state index in [0.717, 1.165) is 39.3 Å². The molecule has 0 aliphatic carbocycles. The Labute approximate surface area is 159 Å². The number of nitrogens with one attached hydrogen (secondary N) is 1. The van der Waals surface area contributed by atoms with E-state index in [4.69, 9.17) is 4.74 Å². The first-order chi connectivity index (χ1) is 13.0. The van der Waals surface area contributed by atoms with Crippen LogP contribution in [0.4, 0.5) is 0 Å². The molecule has 2 atom stereocenters. The molecule has 3 heterocycles. The number of ether oxygens (including phenoxy) is 1. The molecule has 0 unspecified atom stereocenters. The van der Waals surface area contributed by atoms with Crippen molar-refractivity contribution in [2.45, 2.75) is 26.7 Å². The molecule has 8 nitrogen and oxygen atoms in total. The van der Waals surface area contributed by atoms with Crippen LogP contribution in [0.15, 0.2) is 4.79 Å². The van der Waals surface area contributed by atoms with Crippen molar-refractivity contribution in [3.05, 3.63) is 27.4 Å². The minimum atomic E-state index is -0.242. The van der Waals surface area contributed by atoms with Gasteiger partial charge in [-0.15, -0.1) is 0 Å². The predicted octanol–water partition coefficient (Wildman–Crippen LogP) is -0.282. The van der Waals surface area contributed by atoms with Gasteiger partial charge in [-0.1, -0.05) is 0 Å². The molecule has 27 heavy (non-hydrogen) atoms. The minimum absolute atomic E-state index is 0.0524. The van der Waals surface area contributed by atoms with E-state index in [1.807, 2.05) is 4.90 Å². The summed E-state index contributed by atoms with van der Waals surface area (Å²) in [6.07, 6.45) is 0.972. The average Bonchev–Trinajstić information content (AvgIpc) is 2.65. The summed E-state index contributed by atoms with van der Waals surface area (Å²) in [6, 6.07) is 0. The number of hydrogen-bond donors (Lipinski definition) is 2. The van der Waals surface area contributed by atoms with Crippen molar-refractivity contribution in [3.63, 3.8) is 0 Å². The highest BCUT2D eigenvalue weighted by Gasteiger charge is 2.31. The van der Waals surface area contributed by atoms with Crippen molar-refractivity contribution in [2.24, 2.45) is 11.8 Å². The van der Waals surface area contributed by atoms with Crippen molar-refractivity contribution in [3.8, 4) is 0 Å². The number of aliphatic hydroxyl groups is 1. The van der Waals surface area contributed by atoms with Crippen LogP contribution >= 0.6 is 0 Å². The summed E-state index contributed by atoms with van der Waals surface area (Å²) in [5, 5.41) is 9.69. The molecule has 1 amide bonds. The van der Waals surface area contributed by atoms with Crippen LogP contribution in [0.25, 0.3) is 0 Å². The Hall–Kier alpha value is -1.77. The average molecular weight is 378 g/mol. The van der Waals surface area contributed by atoms with E-state index < -0.39 is 0 Å². The van der Waals surface area contributed by atoms with Gasteiger partial charge in [0.2, 0.25) is 5.91 Å². The Balaban J connectivity index is 1.66. The fourth-order valence-corrected chi connectivity index (χ4v) is 4.16. The summed E-state index contributed by atoms with van der Waals surface area (Å²) >= 11 is 0. The van der Waals surface area contributed by atoms with Crippen molar-refractivity contribution in [1.82, 2.24) is 19.8 Å². The number of amides is 1. The third-order valence-corrected chi connectivity index (χ3v) is 5.52. The zero-order valence-electron chi connectivity index (χ0n) is 16.2. The van der Waals surface area contributed by atoms with Gasteiger partial charge in [-0.25, -0.2) is 4.98 Å². The summed E-state index contributed by atoms with van der Waals surface area (Å²) in [7, 11) is 0. The minimum Gasteiger partial charge on any atom is -0.396 e. The Morgan fingerprint density at radius 1 is 1.26 bits per heavy atom. The van der Waals surface area contributed by atoms with Crippen LogP contribution in [0.5, 0.6) is 0 Å². The van der Waals surface area contributed by atoms with Crippen molar-refractivity contribution in [2.75, 3.05) is 52.5 Å². The molecule has 2 aliphatic heterocycles. The lowest BCUT2D eigenvalue weighted by molar-refractivity contribution is -0.134. The van der Waals surface area contributed by atoms with Gasteiger partial charge in [0.1, 0.15) is 5.82 Å². The van der Waals surface area contributed by atoms with E-state index in [-0.39, 0.29) is 30.4 Å². The fraction of sp³-hybridized carbons (Fsp3) is 0.737. The molecule has 2 aliphatic rings. The van der Waals surface area contributed by atoms with E-state index in [1.165, 1.54) is 0 Å². The normalized spacial score (nSPS) is 24.2. The van der Waals surface area contributed by atoms with Gasteiger partial charge < -0.3 is 19.7 Å². The van der Waals surface area contributed by atoms with Crippen LogP contribution in [0.2, 0.25) is 0 Å². The van der Waals surface area contributed by atoms with E-state index in [0.29, 0.717) is 36.1 Å². The molecular formula is C19H30N4O4. The van der Waals surface area contributed by atoms with Gasteiger partial charge in [-0.2, -0.15) is 0 Å². The molecule has 0 aromatic carbocycles. The van der Waals surface area contributed by atoms with Gasteiger partial charge in [-0.3, -0.25) is 14.5 Å². The molecular weight excluding hydrogens is 348 g/mol. The quantitative estimate of drug-likeness (QED) is 0.731. The van der Waals surface area contributed by atoms with E-state index >= 15 is 0 Å². The number of likely N-dealkylation sites (tertiary alicyclic amines) is 1. The van der Waals surface area contributed by atoms with Gasteiger partial charge in [0.05, 0.1) is 19.6 Å². The van der Waals surface area contributed by atoms with E-state index in [1.54, 1.807) is 13.8 Å². The zero-order valence-corrected chi connectivity index (χ0v) is 16.2. The highest BCUT2D eigenvalue weighted by atomic mass is 16.5. The van der Waals surface area contributed by atoms with Crippen LogP contribution in [-0.2, 0) is 16.0 Å². The number of carbonyl (C=O) groups is 1. The molecule has 0 saturated carbocycles. The molecule has 1 aromatic heterocycles. The number of H-pyrrole nitrogens is 1. The summed E-state index contributed by atoms with van der Waals surface area (Å²) in [5.41, 5.74) is 0.792. The zero-order chi connectivity index (χ0) is 19.4. The number of aryl methyl sites for hydroxylation is 2. The number of hydrogen-bond acceptors (Lipinski definition) is 6. The van der Waals surface area contributed by atoms with E-state index in [2.05, 4.69) is 14.9 Å². The first-order valence-electron chi connectivity index (χ1n) is 9.71. The fourth-order valence-electron chi connectivity index (χ4n) is 4.16. The SMILES string of the molecule is Cc1nc(C)c(CC(=O)N2C[C@@H](CN3CCOCC3)C[C@H](CO)C2)c(=O)[nH]1. The van der Waals surface area contributed by atoms with Crippen molar-refractivity contribution >= 4 is 5.91 Å². The third kappa shape index (κ3) is 5.15. The van der Waals surface area contributed by atoms with Gasteiger partial charge >= 0.3 is 0 Å². The number of morpholine rings is 1. The lowest BCUT2D eigenvalue weighted by Gasteiger charge is -2.40. The van der Waals surface area contributed by atoms with Crippen LogP contribution in [0, 0.1) is 25.7 Å². The molecule has 8 heteroatoms. The Bertz CT molecular complexity index is 714. The lowest BCUT2D eigenvalue weighted by Crippen LogP contribution is -2.50. The van der Waals surface area contributed by atoms with Crippen LogP contribution < -0.4 is 5.56 Å². The number of carbonyl (C=O) groups excluding carboxylic acids is 1. The number of rotatable bonds is 5. The standard InChI is InChI=1S/C19H30N4O4/c1-13-17(19(26)21-14(2)20-13)8-18(25)23-10-15(7-16(11-23)12-24)9-22-3-5-27-6-4-22/h15-16,24H,3-12H2,1-2H3,(H,20,21,26)/t15-,16+/m1/s1. The molecule has 2 saturated heterocycles.